The van der Waals surface area contributed by atoms with Crippen LogP contribution in [-0.4, -0.2) is 19.7 Å². The minimum absolute atomic E-state index is 0.126. The van der Waals surface area contributed by atoms with E-state index in [9.17, 15) is 4.79 Å². The van der Waals surface area contributed by atoms with E-state index >= 15 is 0 Å². The first-order valence-electron chi connectivity index (χ1n) is 4.17. The highest BCUT2D eigenvalue weighted by Gasteiger charge is 2.07. The largest absolute Gasteiger partial charge is 0.467 e. The van der Waals surface area contributed by atoms with Gasteiger partial charge >= 0.3 is 0 Å². The predicted molar refractivity (Wildman–Crippen MR) is 53.5 cm³/mol. The number of ketones is 1. The highest BCUT2D eigenvalue weighted by Crippen LogP contribution is 2.18. The number of carbonyl (C=O) groups is 1. The van der Waals surface area contributed by atoms with E-state index in [-0.39, 0.29) is 12.6 Å². The molecule has 3 heteroatoms. The van der Waals surface area contributed by atoms with Gasteiger partial charge in [-0.2, -0.15) is 0 Å². The van der Waals surface area contributed by atoms with Crippen molar-refractivity contribution in [3.8, 4) is 5.75 Å². The molecule has 3 nitrogen and oxygen atoms in total. The van der Waals surface area contributed by atoms with Crippen LogP contribution >= 0.6 is 0 Å². The van der Waals surface area contributed by atoms with Crippen molar-refractivity contribution in [3.05, 3.63) is 42.5 Å². The van der Waals surface area contributed by atoms with E-state index in [4.69, 9.17) is 9.47 Å². The minimum Gasteiger partial charge on any atom is -0.467 e. The van der Waals surface area contributed by atoms with Gasteiger partial charge in [0.1, 0.15) is 5.75 Å². The second-order valence-electron chi connectivity index (χ2n) is 2.62. The second-order valence-corrected chi connectivity index (χ2v) is 2.62. The van der Waals surface area contributed by atoms with Crippen LogP contribution in [0.15, 0.2) is 36.9 Å². The molecular weight excluding hydrogens is 180 g/mol. The van der Waals surface area contributed by atoms with Gasteiger partial charge in [0, 0.05) is 7.11 Å². The number of carbonyl (C=O) groups excluding carboxylic acids is 1. The predicted octanol–water partition coefficient (Wildman–Crippen LogP) is 2.04. The van der Waals surface area contributed by atoms with Gasteiger partial charge in [-0.3, -0.25) is 4.79 Å². The molecule has 0 aliphatic heterocycles. The van der Waals surface area contributed by atoms with Gasteiger partial charge in [-0.25, -0.2) is 0 Å². The second kappa shape index (κ2) is 5.19. The number of hydrogen-bond donors (Lipinski definition) is 0. The molecule has 0 radical (unpaired) electrons. The fraction of sp³-hybridized carbons (Fsp3) is 0.182. The molecule has 1 aromatic rings. The standard InChI is InChI=1S/C11H12O3/c1-3-10(12)9-6-4-5-7-11(9)14-8-13-2/h3-7H,1,8H2,2H3. The number of rotatable bonds is 5. The highest BCUT2D eigenvalue weighted by molar-refractivity contribution is 6.06. The minimum atomic E-state index is -0.156. The van der Waals surface area contributed by atoms with Gasteiger partial charge in [0.05, 0.1) is 5.56 Å². The van der Waals surface area contributed by atoms with Gasteiger partial charge in [-0.05, 0) is 18.2 Å². The number of hydrogen-bond acceptors (Lipinski definition) is 3. The quantitative estimate of drug-likeness (QED) is 0.407. The Hall–Kier alpha value is -1.61. The third-order valence-corrected chi connectivity index (χ3v) is 1.67. The maximum atomic E-state index is 11.4. The van der Waals surface area contributed by atoms with Crippen LogP contribution in [0.3, 0.4) is 0 Å². The van der Waals surface area contributed by atoms with Crippen LogP contribution in [0, 0.1) is 0 Å². The van der Waals surface area contributed by atoms with E-state index < -0.39 is 0 Å². The van der Waals surface area contributed by atoms with E-state index in [1.807, 2.05) is 0 Å². The molecule has 0 N–H and O–H groups in total. The van der Waals surface area contributed by atoms with Crippen molar-refractivity contribution in [2.24, 2.45) is 0 Å². The molecule has 0 aliphatic carbocycles. The summed E-state index contributed by atoms with van der Waals surface area (Å²) in [5.74, 6) is 0.357. The van der Waals surface area contributed by atoms with Crippen molar-refractivity contribution in [2.45, 2.75) is 0 Å². The van der Waals surface area contributed by atoms with E-state index in [1.54, 1.807) is 24.3 Å². The number of para-hydroxylation sites is 1. The summed E-state index contributed by atoms with van der Waals surface area (Å²) in [6.45, 7) is 3.55. The summed E-state index contributed by atoms with van der Waals surface area (Å²) in [4.78, 5) is 11.4. The summed E-state index contributed by atoms with van der Waals surface area (Å²) in [5, 5.41) is 0. The first-order chi connectivity index (χ1) is 6.79. The van der Waals surface area contributed by atoms with E-state index in [2.05, 4.69) is 6.58 Å². The summed E-state index contributed by atoms with van der Waals surface area (Å²) in [7, 11) is 1.53. The molecule has 0 saturated carbocycles. The van der Waals surface area contributed by atoms with Gasteiger partial charge in [0.25, 0.3) is 0 Å². The summed E-state index contributed by atoms with van der Waals surface area (Å²) in [5.41, 5.74) is 0.500. The number of ether oxygens (including phenoxy) is 2. The lowest BCUT2D eigenvalue weighted by atomic mass is 10.1. The molecule has 1 rings (SSSR count). The average molecular weight is 192 g/mol. The Morgan fingerprint density at radius 1 is 1.50 bits per heavy atom. The molecule has 0 fully saturated rings. The monoisotopic (exact) mass is 192 g/mol. The molecule has 0 amide bonds. The van der Waals surface area contributed by atoms with E-state index in [1.165, 1.54) is 13.2 Å². The molecule has 1 aromatic carbocycles. The molecule has 0 atom stereocenters. The molecule has 14 heavy (non-hydrogen) atoms. The molecule has 0 spiro atoms. The molecule has 0 bridgehead atoms. The van der Waals surface area contributed by atoms with Crippen LogP contribution in [0.4, 0.5) is 0 Å². The highest BCUT2D eigenvalue weighted by atomic mass is 16.7. The lowest BCUT2D eigenvalue weighted by Crippen LogP contribution is -2.04. The van der Waals surface area contributed by atoms with Gasteiger partial charge in [-0.1, -0.05) is 18.7 Å². The van der Waals surface area contributed by atoms with Gasteiger partial charge in [0.15, 0.2) is 12.6 Å². The number of benzene rings is 1. The Balaban J connectivity index is 2.90. The van der Waals surface area contributed by atoms with Crippen LogP contribution in [0.1, 0.15) is 10.4 Å². The fourth-order valence-corrected chi connectivity index (χ4v) is 1.03. The molecular formula is C11H12O3. The van der Waals surface area contributed by atoms with Crippen LogP contribution in [0.2, 0.25) is 0 Å². The summed E-state index contributed by atoms with van der Waals surface area (Å²) in [6, 6.07) is 6.98. The topological polar surface area (TPSA) is 35.5 Å². The molecule has 0 aliphatic rings. The Morgan fingerprint density at radius 3 is 2.86 bits per heavy atom. The normalized spacial score (nSPS) is 9.50. The zero-order valence-corrected chi connectivity index (χ0v) is 8.03. The Kier molecular flexibility index (Phi) is 3.88. The molecule has 0 aromatic heterocycles. The Morgan fingerprint density at radius 2 is 2.21 bits per heavy atom. The van der Waals surface area contributed by atoms with Gasteiger partial charge < -0.3 is 9.47 Å². The van der Waals surface area contributed by atoms with Crippen LogP contribution in [-0.2, 0) is 4.74 Å². The first kappa shape index (κ1) is 10.5. The van der Waals surface area contributed by atoms with Crippen LogP contribution in [0.25, 0.3) is 0 Å². The van der Waals surface area contributed by atoms with Gasteiger partial charge in [-0.15, -0.1) is 0 Å². The molecule has 0 unspecified atom stereocenters. The first-order valence-corrected chi connectivity index (χ1v) is 4.17. The van der Waals surface area contributed by atoms with Crippen molar-refractivity contribution in [3.63, 3.8) is 0 Å². The zero-order valence-electron chi connectivity index (χ0n) is 8.03. The molecule has 74 valence electrons. The van der Waals surface area contributed by atoms with Crippen molar-refractivity contribution in [1.82, 2.24) is 0 Å². The zero-order chi connectivity index (χ0) is 10.4. The summed E-state index contributed by atoms with van der Waals surface area (Å²) in [6.07, 6.45) is 1.26. The molecule has 0 saturated heterocycles. The van der Waals surface area contributed by atoms with Crippen LogP contribution < -0.4 is 4.74 Å². The maximum absolute atomic E-state index is 11.4. The van der Waals surface area contributed by atoms with Crippen molar-refractivity contribution < 1.29 is 14.3 Å². The van der Waals surface area contributed by atoms with Crippen LogP contribution in [0.5, 0.6) is 5.75 Å². The van der Waals surface area contributed by atoms with Gasteiger partial charge in [0.2, 0.25) is 0 Å². The lowest BCUT2D eigenvalue weighted by molar-refractivity contribution is 0.0504. The van der Waals surface area contributed by atoms with Crippen molar-refractivity contribution in [1.29, 1.82) is 0 Å². The molecule has 0 heterocycles. The van der Waals surface area contributed by atoms with Crippen molar-refractivity contribution >= 4 is 5.78 Å². The third kappa shape index (κ3) is 2.44. The van der Waals surface area contributed by atoms with E-state index in [0.717, 1.165) is 0 Å². The SMILES string of the molecule is C=CC(=O)c1ccccc1OCOC. The Bertz CT molecular complexity index is 331. The average Bonchev–Trinajstić information content (AvgIpc) is 2.25. The number of allylic oxidation sites excluding steroid dienone is 1. The Labute approximate surface area is 83.0 Å². The summed E-state index contributed by atoms with van der Waals surface area (Å²) < 4.78 is 9.97. The summed E-state index contributed by atoms with van der Waals surface area (Å²) >= 11 is 0. The third-order valence-electron chi connectivity index (χ3n) is 1.67. The fourth-order valence-electron chi connectivity index (χ4n) is 1.03. The van der Waals surface area contributed by atoms with Crippen molar-refractivity contribution in [2.75, 3.05) is 13.9 Å². The number of methoxy groups -OCH3 is 1. The van der Waals surface area contributed by atoms with E-state index in [0.29, 0.717) is 11.3 Å². The smallest absolute Gasteiger partial charge is 0.188 e. The lowest BCUT2D eigenvalue weighted by Gasteiger charge is -2.07. The maximum Gasteiger partial charge on any atom is 0.188 e.